The molecule has 0 radical (unpaired) electrons. The minimum atomic E-state index is -0.627. The molecule has 0 atom stereocenters. The highest BCUT2D eigenvalue weighted by molar-refractivity contribution is 7.17. The lowest BCUT2D eigenvalue weighted by molar-refractivity contribution is -0.142. The van der Waals surface area contributed by atoms with Crippen molar-refractivity contribution in [3.05, 3.63) is 10.6 Å². The molecule has 0 aliphatic rings. The van der Waals surface area contributed by atoms with Crippen LogP contribution in [-0.2, 0) is 14.3 Å². The van der Waals surface area contributed by atoms with Gasteiger partial charge in [-0.05, 0) is 13.8 Å². The number of hydrogen-bond acceptors (Lipinski definition) is 8. The van der Waals surface area contributed by atoms with Crippen LogP contribution in [0.25, 0.3) is 0 Å². The van der Waals surface area contributed by atoms with E-state index in [0.29, 0.717) is 18.3 Å². The Bertz CT molecular complexity index is 527. The largest absolute Gasteiger partial charge is 0.466 e. The topological polar surface area (TPSA) is 94.6 Å². The number of esters is 2. The number of Topliss-reactive ketones (excluding diaryl/α,β-unsaturated/α-hetero) is 1. The number of carbonyl (C=O) groups excluding carboxylic acids is 3. The van der Waals surface area contributed by atoms with Gasteiger partial charge in [-0.1, -0.05) is 11.3 Å². The van der Waals surface area contributed by atoms with E-state index in [-0.39, 0.29) is 35.4 Å². The highest BCUT2D eigenvalue weighted by Crippen LogP contribution is 2.24. The lowest BCUT2D eigenvalue weighted by Gasteiger charge is -2.02. The second-order valence-corrected chi connectivity index (χ2v) is 4.95. The fourth-order valence-electron chi connectivity index (χ4n) is 1.48. The van der Waals surface area contributed by atoms with Crippen LogP contribution in [0, 0.1) is 0 Å². The minimum Gasteiger partial charge on any atom is -0.466 e. The highest BCUT2D eigenvalue weighted by atomic mass is 32.1. The van der Waals surface area contributed by atoms with Crippen molar-refractivity contribution >= 4 is 34.2 Å². The van der Waals surface area contributed by atoms with E-state index >= 15 is 0 Å². The quantitative estimate of drug-likeness (QED) is 0.578. The summed E-state index contributed by atoms with van der Waals surface area (Å²) in [6.45, 7) is 5.62. The van der Waals surface area contributed by atoms with Crippen molar-refractivity contribution in [2.45, 2.75) is 27.2 Å². The van der Waals surface area contributed by atoms with E-state index in [1.807, 2.05) is 0 Å². The lowest BCUT2D eigenvalue weighted by atomic mass is 10.3. The van der Waals surface area contributed by atoms with Crippen molar-refractivity contribution in [1.82, 2.24) is 4.98 Å². The van der Waals surface area contributed by atoms with Gasteiger partial charge in [0.05, 0.1) is 19.6 Å². The maximum absolute atomic E-state index is 11.7. The SMILES string of the molecule is CCOC(=O)CCNc1nc(C(=O)OCC)c(C(C)=O)s1. The molecule has 8 heteroatoms. The zero-order valence-corrected chi connectivity index (χ0v) is 13.0. The monoisotopic (exact) mass is 314 g/mol. The zero-order chi connectivity index (χ0) is 15.8. The number of rotatable bonds is 8. The molecule has 7 nitrogen and oxygen atoms in total. The number of carbonyl (C=O) groups is 3. The van der Waals surface area contributed by atoms with Gasteiger partial charge in [0.15, 0.2) is 16.6 Å². The first-order valence-corrected chi connectivity index (χ1v) is 7.39. The van der Waals surface area contributed by atoms with Crippen molar-refractivity contribution in [3.63, 3.8) is 0 Å². The van der Waals surface area contributed by atoms with Gasteiger partial charge in [-0.2, -0.15) is 0 Å². The van der Waals surface area contributed by atoms with E-state index in [2.05, 4.69) is 10.3 Å². The van der Waals surface area contributed by atoms with E-state index in [9.17, 15) is 14.4 Å². The summed E-state index contributed by atoms with van der Waals surface area (Å²) in [4.78, 5) is 38.7. The summed E-state index contributed by atoms with van der Waals surface area (Å²) in [6.07, 6.45) is 0.178. The molecule has 0 unspecified atom stereocenters. The van der Waals surface area contributed by atoms with Gasteiger partial charge in [0, 0.05) is 13.5 Å². The predicted octanol–water partition coefficient (Wildman–Crippen LogP) is 1.89. The summed E-state index contributed by atoms with van der Waals surface area (Å²) in [6, 6.07) is 0. The molecule has 1 aromatic rings. The van der Waals surface area contributed by atoms with Crippen LogP contribution in [0.5, 0.6) is 0 Å². The van der Waals surface area contributed by atoms with Crippen LogP contribution in [0.2, 0.25) is 0 Å². The zero-order valence-electron chi connectivity index (χ0n) is 12.2. The molecule has 1 rings (SSSR count). The summed E-state index contributed by atoms with van der Waals surface area (Å²) in [7, 11) is 0. The fourth-order valence-corrected chi connectivity index (χ4v) is 2.35. The summed E-state index contributed by atoms with van der Waals surface area (Å²) >= 11 is 1.06. The van der Waals surface area contributed by atoms with Gasteiger partial charge in [0.2, 0.25) is 0 Å². The maximum atomic E-state index is 11.7. The number of nitrogens with one attached hydrogen (secondary N) is 1. The Labute approximate surface area is 126 Å². The Balaban J connectivity index is 2.71. The van der Waals surface area contributed by atoms with Crippen molar-refractivity contribution in [2.24, 2.45) is 0 Å². The van der Waals surface area contributed by atoms with E-state index < -0.39 is 5.97 Å². The summed E-state index contributed by atoms with van der Waals surface area (Å²) in [5.74, 6) is -1.20. The third-order valence-electron chi connectivity index (χ3n) is 2.33. The summed E-state index contributed by atoms with van der Waals surface area (Å²) in [5.41, 5.74) is 0.00739. The first-order valence-electron chi connectivity index (χ1n) is 6.57. The molecule has 0 aliphatic heterocycles. The molecule has 116 valence electrons. The van der Waals surface area contributed by atoms with Crippen molar-refractivity contribution < 1.29 is 23.9 Å². The van der Waals surface area contributed by atoms with Crippen LogP contribution in [0.1, 0.15) is 47.4 Å². The average molecular weight is 314 g/mol. The Morgan fingerprint density at radius 2 is 1.86 bits per heavy atom. The number of anilines is 1. The second-order valence-electron chi connectivity index (χ2n) is 3.96. The molecule has 21 heavy (non-hydrogen) atoms. The van der Waals surface area contributed by atoms with Crippen LogP contribution in [0.15, 0.2) is 0 Å². The first kappa shape index (κ1) is 17.1. The average Bonchev–Trinajstić information content (AvgIpc) is 2.84. The van der Waals surface area contributed by atoms with Gasteiger partial charge >= 0.3 is 11.9 Å². The molecule has 0 saturated carbocycles. The smallest absolute Gasteiger partial charge is 0.358 e. The van der Waals surface area contributed by atoms with Crippen molar-refractivity contribution in [3.8, 4) is 0 Å². The molecular formula is C13H18N2O5S. The van der Waals surface area contributed by atoms with Crippen LogP contribution in [0.3, 0.4) is 0 Å². The number of ketones is 1. The van der Waals surface area contributed by atoms with Crippen molar-refractivity contribution in [1.29, 1.82) is 0 Å². The fraction of sp³-hybridized carbons (Fsp3) is 0.538. The van der Waals surface area contributed by atoms with E-state index in [1.165, 1.54) is 6.92 Å². The molecule has 0 bridgehead atoms. The van der Waals surface area contributed by atoms with Gasteiger partial charge in [0.25, 0.3) is 0 Å². The van der Waals surface area contributed by atoms with Crippen LogP contribution < -0.4 is 5.32 Å². The third kappa shape index (κ3) is 5.14. The normalized spacial score (nSPS) is 10.0. The van der Waals surface area contributed by atoms with Crippen molar-refractivity contribution in [2.75, 3.05) is 25.1 Å². The van der Waals surface area contributed by atoms with Crippen LogP contribution in [0.4, 0.5) is 5.13 Å². The van der Waals surface area contributed by atoms with E-state index in [0.717, 1.165) is 11.3 Å². The van der Waals surface area contributed by atoms with E-state index in [1.54, 1.807) is 13.8 Å². The molecule has 1 aromatic heterocycles. The number of hydrogen-bond donors (Lipinski definition) is 1. The van der Waals surface area contributed by atoms with Gasteiger partial charge < -0.3 is 14.8 Å². The lowest BCUT2D eigenvalue weighted by Crippen LogP contribution is -2.12. The maximum Gasteiger partial charge on any atom is 0.358 e. The summed E-state index contributed by atoms with van der Waals surface area (Å²) in [5, 5.41) is 3.29. The molecule has 0 aromatic carbocycles. The van der Waals surface area contributed by atoms with Gasteiger partial charge in [0.1, 0.15) is 4.88 Å². The van der Waals surface area contributed by atoms with Gasteiger partial charge in [-0.3, -0.25) is 9.59 Å². The minimum absolute atomic E-state index is 0.00739. The molecule has 0 aliphatic carbocycles. The van der Waals surface area contributed by atoms with Crippen LogP contribution >= 0.6 is 11.3 Å². The second kappa shape index (κ2) is 8.35. The predicted molar refractivity (Wildman–Crippen MR) is 77.8 cm³/mol. The Morgan fingerprint density at radius 3 is 2.43 bits per heavy atom. The molecule has 0 saturated heterocycles. The molecule has 0 amide bonds. The van der Waals surface area contributed by atoms with Crippen LogP contribution in [-0.4, -0.2) is 42.5 Å². The van der Waals surface area contributed by atoms with E-state index in [4.69, 9.17) is 9.47 Å². The Kier molecular flexibility index (Phi) is 6.80. The molecule has 0 fully saturated rings. The molecule has 0 spiro atoms. The number of nitrogens with zero attached hydrogens (tertiary/aromatic N) is 1. The standard InChI is InChI=1S/C13H18N2O5S/c1-4-19-9(17)6-7-14-13-15-10(12(18)20-5-2)11(21-13)8(3)16/h4-7H2,1-3H3,(H,14,15). The third-order valence-corrected chi connectivity index (χ3v) is 3.44. The van der Waals surface area contributed by atoms with Gasteiger partial charge in [-0.15, -0.1) is 0 Å². The molecule has 1 heterocycles. The number of thiazole rings is 1. The first-order chi connectivity index (χ1) is 9.99. The highest BCUT2D eigenvalue weighted by Gasteiger charge is 2.22. The number of ether oxygens (including phenoxy) is 2. The summed E-state index contributed by atoms with van der Waals surface area (Å²) < 4.78 is 9.65. The van der Waals surface area contributed by atoms with Gasteiger partial charge in [-0.25, -0.2) is 9.78 Å². The Hall–Kier alpha value is -1.96. The number of aromatic nitrogens is 1. The molecule has 1 N–H and O–H groups in total. The molecular weight excluding hydrogens is 296 g/mol. The Morgan fingerprint density at radius 1 is 1.19 bits per heavy atom.